The maximum absolute atomic E-state index is 3.47. The summed E-state index contributed by atoms with van der Waals surface area (Å²) in [5.74, 6) is 0.449. The van der Waals surface area contributed by atoms with E-state index in [1.54, 1.807) is 0 Å². The number of benzene rings is 3. The van der Waals surface area contributed by atoms with Crippen molar-refractivity contribution < 1.29 is 0 Å². The van der Waals surface area contributed by atoms with Crippen molar-refractivity contribution in [3.05, 3.63) is 83.0 Å². The Balaban J connectivity index is 1.88. The van der Waals surface area contributed by atoms with Gasteiger partial charge in [-0.25, -0.2) is 0 Å². The normalized spacial score (nSPS) is 18.6. The third-order valence-corrected chi connectivity index (χ3v) is 6.16. The smallest absolute Gasteiger partial charge is 0.0382 e. The zero-order valence-electron chi connectivity index (χ0n) is 16.0. The van der Waals surface area contributed by atoms with Gasteiger partial charge in [0.15, 0.2) is 0 Å². The van der Waals surface area contributed by atoms with E-state index in [1.807, 2.05) is 7.05 Å². The molecule has 3 aromatic carbocycles. The van der Waals surface area contributed by atoms with Crippen LogP contribution in [-0.2, 0) is 6.42 Å². The second kappa shape index (κ2) is 6.42. The molecule has 3 aromatic rings. The lowest BCUT2D eigenvalue weighted by Gasteiger charge is -2.24. The van der Waals surface area contributed by atoms with Crippen LogP contribution in [0.25, 0.3) is 27.6 Å². The molecule has 5 rings (SSSR count). The van der Waals surface area contributed by atoms with Gasteiger partial charge in [-0.15, -0.1) is 0 Å². The van der Waals surface area contributed by atoms with Crippen LogP contribution in [-0.4, -0.2) is 7.05 Å². The zero-order valence-corrected chi connectivity index (χ0v) is 16.0. The summed E-state index contributed by atoms with van der Waals surface area (Å²) < 4.78 is 0. The van der Waals surface area contributed by atoms with Gasteiger partial charge in [-0.2, -0.15) is 0 Å². The molecule has 1 atom stereocenters. The molecule has 0 fully saturated rings. The highest BCUT2D eigenvalue weighted by Gasteiger charge is 2.20. The lowest BCUT2D eigenvalue weighted by molar-refractivity contribution is 0.856. The summed E-state index contributed by atoms with van der Waals surface area (Å²) in [6.07, 6.45) is 14.7. The Morgan fingerprint density at radius 3 is 2.56 bits per heavy atom. The van der Waals surface area contributed by atoms with E-state index in [9.17, 15) is 0 Å². The maximum Gasteiger partial charge on any atom is 0.0382 e. The van der Waals surface area contributed by atoms with Crippen molar-refractivity contribution in [2.45, 2.75) is 32.1 Å². The molecule has 0 heterocycles. The maximum atomic E-state index is 3.47. The number of hydrogen-bond donors (Lipinski definition) is 1. The highest BCUT2D eigenvalue weighted by molar-refractivity contribution is 6.14. The standard InChI is InChI=1S/C26H25N/c1-17-12-13-21-23(14-17)19-10-6-7-11-20(19)25-16-26(27-2)22(15-24(21)25)18-8-4-3-5-9-18/h3-8,10-11,14-16,18,27H,9,12-13H2,1-2H3. The van der Waals surface area contributed by atoms with Crippen LogP contribution in [0.1, 0.15) is 42.4 Å². The number of aryl methyl sites for hydroxylation is 1. The molecular formula is C26H25N. The van der Waals surface area contributed by atoms with E-state index in [0.29, 0.717) is 5.92 Å². The van der Waals surface area contributed by atoms with Gasteiger partial charge in [0.1, 0.15) is 0 Å². The molecule has 0 spiro atoms. The van der Waals surface area contributed by atoms with Gasteiger partial charge in [0.05, 0.1) is 0 Å². The average molecular weight is 351 g/mol. The molecule has 1 nitrogen and oxygen atoms in total. The first-order valence-corrected chi connectivity index (χ1v) is 9.96. The first kappa shape index (κ1) is 16.4. The summed E-state index contributed by atoms with van der Waals surface area (Å²) in [5.41, 5.74) is 7.10. The second-order valence-corrected chi connectivity index (χ2v) is 7.82. The molecule has 27 heavy (non-hydrogen) atoms. The summed E-state index contributed by atoms with van der Waals surface area (Å²) in [4.78, 5) is 0. The van der Waals surface area contributed by atoms with E-state index in [0.717, 1.165) is 19.3 Å². The van der Waals surface area contributed by atoms with E-state index in [2.05, 4.69) is 79.0 Å². The van der Waals surface area contributed by atoms with E-state index < -0.39 is 0 Å². The van der Waals surface area contributed by atoms with Crippen molar-refractivity contribution in [1.29, 1.82) is 0 Å². The van der Waals surface area contributed by atoms with Gasteiger partial charge in [-0.3, -0.25) is 0 Å². The number of anilines is 1. The minimum Gasteiger partial charge on any atom is -0.388 e. The fraction of sp³-hybridized carbons (Fsp3) is 0.231. The van der Waals surface area contributed by atoms with Crippen molar-refractivity contribution in [3.63, 3.8) is 0 Å². The van der Waals surface area contributed by atoms with Crippen LogP contribution < -0.4 is 5.32 Å². The lowest BCUT2D eigenvalue weighted by Crippen LogP contribution is -2.05. The third kappa shape index (κ3) is 2.61. The molecule has 1 heteroatoms. The number of allylic oxidation sites excluding steroid dienone is 5. The van der Waals surface area contributed by atoms with Crippen molar-refractivity contribution in [2.75, 3.05) is 12.4 Å². The van der Waals surface area contributed by atoms with Crippen molar-refractivity contribution in [3.8, 4) is 0 Å². The van der Waals surface area contributed by atoms with Gasteiger partial charge in [0.25, 0.3) is 0 Å². The lowest BCUT2D eigenvalue weighted by atomic mass is 9.82. The fourth-order valence-electron chi connectivity index (χ4n) is 4.76. The van der Waals surface area contributed by atoms with Crippen LogP contribution in [0, 0.1) is 0 Å². The Bertz CT molecular complexity index is 1140. The van der Waals surface area contributed by atoms with Gasteiger partial charge in [-0.05, 0) is 76.6 Å². The van der Waals surface area contributed by atoms with Crippen LogP contribution in [0.2, 0.25) is 0 Å². The molecule has 1 unspecified atom stereocenters. The monoisotopic (exact) mass is 351 g/mol. The molecule has 1 N–H and O–H groups in total. The highest BCUT2D eigenvalue weighted by atomic mass is 14.8. The number of nitrogens with one attached hydrogen (secondary N) is 1. The predicted octanol–water partition coefficient (Wildman–Crippen LogP) is 6.98. The zero-order chi connectivity index (χ0) is 18.4. The third-order valence-electron chi connectivity index (χ3n) is 6.16. The molecule has 2 aliphatic rings. The SMILES string of the molecule is CNc1cc2c(cc1C1C=CC=CC1)c1c(c3ccccc32)C=C(C)CC1. The Labute approximate surface area is 161 Å². The first-order chi connectivity index (χ1) is 13.3. The fourth-order valence-corrected chi connectivity index (χ4v) is 4.76. The van der Waals surface area contributed by atoms with E-state index in [4.69, 9.17) is 0 Å². The summed E-state index contributed by atoms with van der Waals surface area (Å²) in [6.45, 7) is 2.26. The van der Waals surface area contributed by atoms with Crippen LogP contribution in [0.15, 0.2) is 66.3 Å². The quantitative estimate of drug-likeness (QED) is 0.491. The van der Waals surface area contributed by atoms with Gasteiger partial charge >= 0.3 is 0 Å². The molecule has 0 aliphatic heterocycles. The second-order valence-electron chi connectivity index (χ2n) is 7.82. The van der Waals surface area contributed by atoms with E-state index >= 15 is 0 Å². The Kier molecular flexibility index (Phi) is 3.89. The molecule has 0 radical (unpaired) electrons. The molecule has 2 aliphatic carbocycles. The molecule has 0 bridgehead atoms. The minimum atomic E-state index is 0.449. The largest absolute Gasteiger partial charge is 0.388 e. The number of rotatable bonds is 2. The highest BCUT2D eigenvalue weighted by Crippen LogP contribution is 2.42. The van der Waals surface area contributed by atoms with Gasteiger partial charge in [0, 0.05) is 18.7 Å². The molecule has 134 valence electrons. The summed E-state index contributed by atoms with van der Waals surface area (Å²) in [7, 11) is 2.04. The molecule has 0 saturated heterocycles. The van der Waals surface area contributed by atoms with Crippen LogP contribution in [0.3, 0.4) is 0 Å². The minimum absolute atomic E-state index is 0.449. The number of fused-ring (bicyclic) bond motifs is 6. The molecule has 0 amide bonds. The van der Waals surface area contributed by atoms with Gasteiger partial charge in [-0.1, -0.05) is 60.2 Å². The number of hydrogen-bond acceptors (Lipinski definition) is 1. The van der Waals surface area contributed by atoms with E-state index in [-0.39, 0.29) is 0 Å². The molecular weight excluding hydrogens is 326 g/mol. The molecule has 0 saturated carbocycles. The van der Waals surface area contributed by atoms with Gasteiger partial charge in [0.2, 0.25) is 0 Å². The van der Waals surface area contributed by atoms with Crippen molar-refractivity contribution >= 4 is 33.3 Å². The Hall–Kier alpha value is -2.80. The topological polar surface area (TPSA) is 12.0 Å². The van der Waals surface area contributed by atoms with Crippen LogP contribution >= 0.6 is 0 Å². The van der Waals surface area contributed by atoms with Gasteiger partial charge < -0.3 is 5.32 Å². The summed E-state index contributed by atoms with van der Waals surface area (Å²) in [6, 6.07) is 13.7. The van der Waals surface area contributed by atoms with Crippen LogP contribution in [0.4, 0.5) is 5.69 Å². The van der Waals surface area contributed by atoms with Crippen molar-refractivity contribution in [2.24, 2.45) is 0 Å². The Morgan fingerprint density at radius 1 is 0.926 bits per heavy atom. The molecule has 0 aromatic heterocycles. The summed E-state index contributed by atoms with van der Waals surface area (Å²) >= 11 is 0. The van der Waals surface area contributed by atoms with Crippen LogP contribution in [0.5, 0.6) is 0 Å². The Morgan fingerprint density at radius 2 is 1.78 bits per heavy atom. The predicted molar refractivity (Wildman–Crippen MR) is 119 cm³/mol. The summed E-state index contributed by atoms with van der Waals surface area (Å²) in [5, 5.41) is 9.02. The first-order valence-electron chi connectivity index (χ1n) is 9.96. The van der Waals surface area contributed by atoms with E-state index in [1.165, 1.54) is 49.5 Å². The average Bonchev–Trinajstić information content (AvgIpc) is 2.73. The van der Waals surface area contributed by atoms with Crippen molar-refractivity contribution in [1.82, 2.24) is 0 Å².